The summed E-state index contributed by atoms with van der Waals surface area (Å²) >= 11 is 0. The molecule has 0 saturated heterocycles. The summed E-state index contributed by atoms with van der Waals surface area (Å²) in [6, 6.07) is 2.78. The van der Waals surface area contributed by atoms with Crippen molar-refractivity contribution in [1.82, 2.24) is 10.2 Å². The molecule has 0 spiro atoms. The molecule has 2 rings (SSSR count). The monoisotopic (exact) mass is 266 g/mol. The predicted molar refractivity (Wildman–Crippen MR) is 63.6 cm³/mol. The zero-order valence-electron chi connectivity index (χ0n) is 10.0. The number of rotatable bonds is 4. The number of benzene rings is 1. The lowest BCUT2D eigenvalue weighted by Crippen LogP contribution is -2.08. The van der Waals surface area contributed by atoms with Crippen LogP contribution in [0, 0.1) is 15.9 Å². The Labute approximate surface area is 107 Å². The van der Waals surface area contributed by atoms with E-state index in [2.05, 4.69) is 10.2 Å². The molecule has 0 radical (unpaired) electrons. The average molecular weight is 266 g/mol. The van der Waals surface area contributed by atoms with Gasteiger partial charge in [0.1, 0.15) is 5.82 Å². The Bertz CT molecular complexity index is 614. The van der Waals surface area contributed by atoms with Gasteiger partial charge in [0.15, 0.2) is 0 Å². The molecule has 0 aliphatic rings. The van der Waals surface area contributed by atoms with E-state index in [0.717, 1.165) is 6.07 Å². The first-order valence-corrected chi connectivity index (χ1v) is 5.56. The van der Waals surface area contributed by atoms with Gasteiger partial charge in [-0.15, -0.1) is 10.2 Å². The predicted octanol–water partition coefficient (Wildman–Crippen LogP) is 2.19. The molecule has 0 saturated carbocycles. The van der Waals surface area contributed by atoms with Crippen LogP contribution in [-0.4, -0.2) is 15.1 Å². The molecule has 8 heteroatoms. The standard InChI is InChI=1S/C11H11FN4O3/c1-2-9(13)11-15-14-10(19-11)7-4-3-6(16(17)18)5-8(7)12/h3-5,9H,2,13H2,1H3. The van der Waals surface area contributed by atoms with Crippen molar-refractivity contribution in [2.75, 3.05) is 0 Å². The third-order valence-corrected chi connectivity index (χ3v) is 2.59. The van der Waals surface area contributed by atoms with Crippen LogP contribution < -0.4 is 5.73 Å². The van der Waals surface area contributed by atoms with Crippen LogP contribution in [0.5, 0.6) is 0 Å². The molecule has 0 aliphatic heterocycles. The molecule has 2 N–H and O–H groups in total. The van der Waals surface area contributed by atoms with Crippen LogP contribution in [-0.2, 0) is 0 Å². The highest BCUT2D eigenvalue weighted by Crippen LogP contribution is 2.26. The molecule has 7 nitrogen and oxygen atoms in total. The topological polar surface area (TPSA) is 108 Å². The summed E-state index contributed by atoms with van der Waals surface area (Å²) in [5, 5.41) is 17.9. The van der Waals surface area contributed by atoms with Crippen molar-refractivity contribution in [3.8, 4) is 11.5 Å². The normalized spacial score (nSPS) is 12.4. The quantitative estimate of drug-likeness (QED) is 0.671. The van der Waals surface area contributed by atoms with E-state index in [1.54, 1.807) is 0 Å². The highest BCUT2D eigenvalue weighted by molar-refractivity contribution is 5.56. The van der Waals surface area contributed by atoms with Gasteiger partial charge in [-0.05, 0) is 12.5 Å². The van der Waals surface area contributed by atoms with E-state index in [9.17, 15) is 14.5 Å². The lowest BCUT2D eigenvalue weighted by atomic mass is 10.2. The van der Waals surface area contributed by atoms with Crippen LogP contribution in [0.15, 0.2) is 22.6 Å². The minimum absolute atomic E-state index is 0.00709. The molecule has 19 heavy (non-hydrogen) atoms. The van der Waals surface area contributed by atoms with E-state index in [1.807, 2.05) is 6.92 Å². The summed E-state index contributed by atoms with van der Waals surface area (Å²) in [5.41, 5.74) is 5.37. The number of nitro benzene ring substituents is 1. The first kappa shape index (κ1) is 13.1. The molecule has 1 unspecified atom stereocenters. The molecule has 100 valence electrons. The van der Waals surface area contributed by atoms with E-state index >= 15 is 0 Å². The van der Waals surface area contributed by atoms with Gasteiger partial charge in [-0.25, -0.2) is 4.39 Å². The molecule has 0 amide bonds. The maximum absolute atomic E-state index is 13.7. The Morgan fingerprint density at radius 1 is 1.53 bits per heavy atom. The molecule has 1 aromatic carbocycles. The fraction of sp³-hybridized carbons (Fsp3) is 0.273. The summed E-state index contributed by atoms with van der Waals surface area (Å²) in [7, 11) is 0. The molecule has 0 aliphatic carbocycles. The highest BCUT2D eigenvalue weighted by atomic mass is 19.1. The van der Waals surface area contributed by atoms with Crippen molar-refractivity contribution in [1.29, 1.82) is 0 Å². The van der Waals surface area contributed by atoms with Crippen LogP contribution >= 0.6 is 0 Å². The zero-order chi connectivity index (χ0) is 14.0. The van der Waals surface area contributed by atoms with Crippen molar-refractivity contribution in [3.05, 3.63) is 40.0 Å². The third kappa shape index (κ3) is 2.58. The number of nitrogens with two attached hydrogens (primary N) is 1. The minimum atomic E-state index is -0.797. The number of aromatic nitrogens is 2. The number of halogens is 1. The van der Waals surface area contributed by atoms with Gasteiger partial charge in [-0.3, -0.25) is 10.1 Å². The molecular weight excluding hydrogens is 255 g/mol. The van der Waals surface area contributed by atoms with Gasteiger partial charge in [0.05, 0.1) is 22.6 Å². The fourth-order valence-corrected chi connectivity index (χ4v) is 1.46. The van der Waals surface area contributed by atoms with Gasteiger partial charge in [-0.2, -0.15) is 0 Å². The molecule has 0 bridgehead atoms. The maximum atomic E-state index is 13.7. The van der Waals surface area contributed by atoms with Gasteiger partial charge >= 0.3 is 0 Å². The minimum Gasteiger partial charge on any atom is -0.419 e. The first-order valence-electron chi connectivity index (χ1n) is 5.56. The van der Waals surface area contributed by atoms with Gasteiger partial charge in [-0.1, -0.05) is 6.92 Å². The van der Waals surface area contributed by atoms with Gasteiger partial charge in [0.2, 0.25) is 5.89 Å². The molecule has 1 heterocycles. The molecule has 1 atom stereocenters. The number of nitrogens with zero attached hydrogens (tertiary/aromatic N) is 3. The van der Waals surface area contributed by atoms with Gasteiger partial charge in [0, 0.05) is 6.07 Å². The average Bonchev–Trinajstić information content (AvgIpc) is 2.87. The summed E-state index contributed by atoms with van der Waals surface area (Å²) in [4.78, 5) is 9.82. The van der Waals surface area contributed by atoms with E-state index in [4.69, 9.17) is 10.2 Å². The molecular formula is C11H11FN4O3. The summed E-state index contributed by atoms with van der Waals surface area (Å²) < 4.78 is 19.0. The van der Waals surface area contributed by atoms with Crippen molar-refractivity contribution >= 4 is 5.69 Å². The second-order valence-electron chi connectivity index (χ2n) is 3.88. The van der Waals surface area contributed by atoms with Crippen LogP contribution in [0.2, 0.25) is 0 Å². The molecule has 1 aromatic heterocycles. The van der Waals surface area contributed by atoms with Crippen LogP contribution in [0.3, 0.4) is 0 Å². The lowest BCUT2D eigenvalue weighted by molar-refractivity contribution is -0.385. The second kappa shape index (κ2) is 5.11. The second-order valence-corrected chi connectivity index (χ2v) is 3.88. The number of hydrogen-bond acceptors (Lipinski definition) is 6. The number of non-ortho nitro benzene ring substituents is 1. The highest BCUT2D eigenvalue weighted by Gasteiger charge is 2.18. The summed E-state index contributed by atoms with van der Waals surface area (Å²) in [6.45, 7) is 1.85. The maximum Gasteiger partial charge on any atom is 0.272 e. The largest absolute Gasteiger partial charge is 0.419 e. The fourth-order valence-electron chi connectivity index (χ4n) is 1.46. The van der Waals surface area contributed by atoms with E-state index in [0.29, 0.717) is 6.42 Å². The van der Waals surface area contributed by atoms with E-state index in [1.165, 1.54) is 12.1 Å². The Balaban J connectivity index is 2.37. The van der Waals surface area contributed by atoms with E-state index in [-0.39, 0.29) is 23.0 Å². The van der Waals surface area contributed by atoms with Crippen LogP contribution in [0.25, 0.3) is 11.5 Å². The summed E-state index contributed by atoms with van der Waals surface area (Å²) in [6.07, 6.45) is 0.602. The Morgan fingerprint density at radius 2 is 2.26 bits per heavy atom. The Hall–Kier alpha value is -2.35. The smallest absolute Gasteiger partial charge is 0.272 e. The lowest BCUT2D eigenvalue weighted by Gasteiger charge is -2.01. The van der Waals surface area contributed by atoms with Crippen molar-refractivity contribution < 1.29 is 13.7 Å². The van der Waals surface area contributed by atoms with Crippen LogP contribution in [0.1, 0.15) is 25.3 Å². The number of hydrogen-bond donors (Lipinski definition) is 1. The molecule has 2 aromatic rings. The zero-order valence-corrected chi connectivity index (χ0v) is 10.0. The van der Waals surface area contributed by atoms with Gasteiger partial charge in [0.25, 0.3) is 11.6 Å². The third-order valence-electron chi connectivity index (χ3n) is 2.59. The Kier molecular flexibility index (Phi) is 3.52. The molecule has 0 fully saturated rings. The van der Waals surface area contributed by atoms with Crippen LogP contribution in [0.4, 0.5) is 10.1 Å². The van der Waals surface area contributed by atoms with Gasteiger partial charge < -0.3 is 10.2 Å². The van der Waals surface area contributed by atoms with E-state index < -0.39 is 16.8 Å². The van der Waals surface area contributed by atoms with Crippen molar-refractivity contribution in [2.24, 2.45) is 5.73 Å². The SMILES string of the molecule is CCC(N)c1nnc(-c2ccc([N+](=O)[O-])cc2F)o1. The number of nitro groups is 1. The van der Waals surface area contributed by atoms with Crippen molar-refractivity contribution in [3.63, 3.8) is 0 Å². The first-order chi connectivity index (χ1) is 9.02. The summed E-state index contributed by atoms with van der Waals surface area (Å²) in [5.74, 6) is -0.643. The van der Waals surface area contributed by atoms with Crippen molar-refractivity contribution in [2.45, 2.75) is 19.4 Å². The Morgan fingerprint density at radius 3 is 2.84 bits per heavy atom.